The number of hydrogen-bond donors (Lipinski definition) is 0. The zero-order valence-corrected chi connectivity index (χ0v) is 15.9. The number of ether oxygens (including phenoxy) is 1. The van der Waals surface area contributed by atoms with Gasteiger partial charge in [0.15, 0.2) is 0 Å². The predicted molar refractivity (Wildman–Crippen MR) is 106 cm³/mol. The summed E-state index contributed by atoms with van der Waals surface area (Å²) in [7, 11) is 1.40. The van der Waals surface area contributed by atoms with Gasteiger partial charge in [-0.1, -0.05) is 37.3 Å². The summed E-state index contributed by atoms with van der Waals surface area (Å²) in [5.41, 5.74) is 5.64. The second-order valence-corrected chi connectivity index (χ2v) is 7.72. The molecule has 0 aliphatic carbocycles. The molecule has 0 fully saturated rings. The quantitative estimate of drug-likeness (QED) is 0.499. The average molecular weight is 352 g/mol. The molecule has 1 aliphatic heterocycles. The lowest BCUT2D eigenvalue weighted by Gasteiger charge is -2.13. The lowest BCUT2D eigenvalue weighted by Crippen LogP contribution is -2.00. The third kappa shape index (κ3) is 4.16. The third-order valence-corrected chi connectivity index (χ3v) is 5.91. The second kappa shape index (κ2) is 7.92. The van der Waals surface area contributed by atoms with E-state index in [1.54, 1.807) is 12.1 Å². The lowest BCUT2D eigenvalue weighted by atomic mass is 9.94. The van der Waals surface area contributed by atoms with Gasteiger partial charge in [-0.15, -0.1) is 11.8 Å². The van der Waals surface area contributed by atoms with E-state index >= 15 is 0 Å². The highest BCUT2D eigenvalue weighted by molar-refractivity contribution is 7.99. The van der Waals surface area contributed by atoms with Crippen molar-refractivity contribution >= 4 is 29.4 Å². The van der Waals surface area contributed by atoms with Crippen LogP contribution < -0.4 is 0 Å². The van der Waals surface area contributed by atoms with E-state index in [0.717, 1.165) is 5.56 Å². The third-order valence-electron chi connectivity index (χ3n) is 4.75. The van der Waals surface area contributed by atoms with E-state index in [4.69, 9.17) is 4.74 Å². The molecular weight excluding hydrogens is 328 g/mol. The van der Waals surface area contributed by atoms with Crippen molar-refractivity contribution in [3.63, 3.8) is 0 Å². The molecular formula is C22H24O2S. The highest BCUT2D eigenvalue weighted by Gasteiger charge is 2.15. The second-order valence-electron chi connectivity index (χ2n) is 6.59. The van der Waals surface area contributed by atoms with E-state index in [1.165, 1.54) is 47.3 Å². The zero-order chi connectivity index (χ0) is 17.8. The van der Waals surface area contributed by atoms with Gasteiger partial charge in [-0.25, -0.2) is 4.79 Å². The molecule has 2 aromatic carbocycles. The van der Waals surface area contributed by atoms with Gasteiger partial charge in [-0.3, -0.25) is 0 Å². The Morgan fingerprint density at radius 1 is 1.16 bits per heavy atom. The minimum absolute atomic E-state index is 0.302. The van der Waals surface area contributed by atoms with E-state index in [9.17, 15) is 4.79 Å². The van der Waals surface area contributed by atoms with Gasteiger partial charge in [0.1, 0.15) is 0 Å². The molecule has 1 unspecified atom stereocenters. The summed E-state index contributed by atoms with van der Waals surface area (Å²) in [6, 6.07) is 14.4. The van der Waals surface area contributed by atoms with Crippen LogP contribution in [0.3, 0.4) is 0 Å². The van der Waals surface area contributed by atoms with Crippen molar-refractivity contribution in [1.82, 2.24) is 0 Å². The fraction of sp³-hybridized carbons (Fsp3) is 0.318. The molecule has 0 radical (unpaired) electrons. The summed E-state index contributed by atoms with van der Waals surface area (Å²) in [4.78, 5) is 12.9. The molecule has 0 saturated heterocycles. The van der Waals surface area contributed by atoms with Crippen molar-refractivity contribution in [2.24, 2.45) is 0 Å². The van der Waals surface area contributed by atoms with Gasteiger partial charge in [0.05, 0.1) is 12.7 Å². The first-order chi connectivity index (χ1) is 12.1. The van der Waals surface area contributed by atoms with E-state index < -0.39 is 0 Å². The van der Waals surface area contributed by atoms with Crippen molar-refractivity contribution in [2.45, 2.75) is 37.5 Å². The van der Waals surface area contributed by atoms with Crippen LogP contribution in [0.15, 0.2) is 47.4 Å². The topological polar surface area (TPSA) is 26.3 Å². The van der Waals surface area contributed by atoms with Crippen molar-refractivity contribution < 1.29 is 9.53 Å². The summed E-state index contributed by atoms with van der Waals surface area (Å²) in [5.74, 6) is 1.55. The molecule has 3 heteroatoms. The number of carbonyl (C=O) groups is 1. The van der Waals surface area contributed by atoms with Crippen LogP contribution in [-0.2, 0) is 4.74 Å². The van der Waals surface area contributed by atoms with Crippen LogP contribution in [0, 0.1) is 0 Å². The minimum Gasteiger partial charge on any atom is -0.465 e. The Morgan fingerprint density at radius 3 is 2.60 bits per heavy atom. The Labute approximate surface area is 154 Å². The molecule has 0 bridgehead atoms. The maximum Gasteiger partial charge on any atom is 0.337 e. The van der Waals surface area contributed by atoms with Crippen molar-refractivity contribution in [3.05, 3.63) is 64.7 Å². The Bertz CT molecular complexity index is 790. The SMILES string of the molecule is COC(=O)c1ccc(C=C(C)c2ccc3c(c2)SCCCC3C)cc1. The smallest absolute Gasteiger partial charge is 0.337 e. The van der Waals surface area contributed by atoms with Crippen LogP contribution in [0.1, 0.15) is 59.7 Å². The largest absolute Gasteiger partial charge is 0.465 e. The van der Waals surface area contributed by atoms with E-state index in [2.05, 4.69) is 38.1 Å². The molecule has 0 amide bonds. The van der Waals surface area contributed by atoms with E-state index in [1.807, 2.05) is 23.9 Å². The molecule has 0 spiro atoms. The summed E-state index contributed by atoms with van der Waals surface area (Å²) in [6.07, 6.45) is 4.73. The Morgan fingerprint density at radius 2 is 1.88 bits per heavy atom. The first-order valence-electron chi connectivity index (χ1n) is 8.72. The molecule has 2 aromatic rings. The predicted octanol–water partition coefficient (Wildman–Crippen LogP) is 6.02. The number of hydrogen-bond acceptors (Lipinski definition) is 3. The van der Waals surface area contributed by atoms with Gasteiger partial charge in [0, 0.05) is 4.90 Å². The molecule has 25 heavy (non-hydrogen) atoms. The van der Waals surface area contributed by atoms with E-state index in [-0.39, 0.29) is 5.97 Å². The number of allylic oxidation sites excluding steroid dienone is 1. The van der Waals surface area contributed by atoms with Crippen LogP contribution in [-0.4, -0.2) is 18.8 Å². The molecule has 1 atom stereocenters. The number of thioether (sulfide) groups is 1. The van der Waals surface area contributed by atoms with Gasteiger partial charge < -0.3 is 4.74 Å². The first-order valence-corrected chi connectivity index (χ1v) is 9.71. The average Bonchev–Trinajstić information content (AvgIpc) is 2.82. The first kappa shape index (κ1) is 17.8. The van der Waals surface area contributed by atoms with Gasteiger partial charge in [0.2, 0.25) is 0 Å². The summed E-state index contributed by atoms with van der Waals surface area (Å²) < 4.78 is 4.74. The molecule has 0 aromatic heterocycles. The molecule has 130 valence electrons. The fourth-order valence-electron chi connectivity index (χ4n) is 3.21. The van der Waals surface area contributed by atoms with Crippen molar-refractivity contribution in [1.29, 1.82) is 0 Å². The summed E-state index contributed by atoms with van der Waals surface area (Å²) in [6.45, 7) is 4.47. The van der Waals surface area contributed by atoms with Gasteiger partial charge in [0.25, 0.3) is 0 Å². The zero-order valence-electron chi connectivity index (χ0n) is 15.0. The van der Waals surface area contributed by atoms with Gasteiger partial charge in [-0.05, 0) is 71.9 Å². The number of fused-ring (bicyclic) bond motifs is 1. The lowest BCUT2D eigenvalue weighted by molar-refractivity contribution is 0.0600. The van der Waals surface area contributed by atoms with Crippen LogP contribution in [0.4, 0.5) is 0 Å². The molecule has 1 aliphatic rings. The number of methoxy groups -OCH3 is 1. The molecule has 1 heterocycles. The molecule has 0 N–H and O–H groups in total. The Hall–Kier alpha value is -2.00. The fourth-order valence-corrected chi connectivity index (χ4v) is 4.38. The highest BCUT2D eigenvalue weighted by Crippen LogP contribution is 2.37. The Balaban J connectivity index is 1.85. The number of carbonyl (C=O) groups excluding carboxylic acids is 1. The van der Waals surface area contributed by atoms with Crippen LogP contribution in [0.5, 0.6) is 0 Å². The maximum atomic E-state index is 11.5. The minimum atomic E-state index is -0.302. The number of esters is 1. The van der Waals surface area contributed by atoms with Crippen molar-refractivity contribution in [2.75, 3.05) is 12.9 Å². The number of rotatable bonds is 3. The highest BCUT2D eigenvalue weighted by atomic mass is 32.2. The molecule has 3 rings (SSSR count). The van der Waals surface area contributed by atoms with Gasteiger partial charge in [-0.2, -0.15) is 0 Å². The number of benzene rings is 2. The van der Waals surface area contributed by atoms with Crippen LogP contribution >= 0.6 is 11.8 Å². The molecule has 0 saturated carbocycles. The maximum absolute atomic E-state index is 11.5. The van der Waals surface area contributed by atoms with Gasteiger partial charge >= 0.3 is 5.97 Å². The summed E-state index contributed by atoms with van der Waals surface area (Å²) in [5, 5.41) is 0. The van der Waals surface area contributed by atoms with Crippen LogP contribution in [0.2, 0.25) is 0 Å². The van der Waals surface area contributed by atoms with Crippen molar-refractivity contribution in [3.8, 4) is 0 Å². The summed E-state index contributed by atoms with van der Waals surface area (Å²) >= 11 is 1.98. The Kier molecular flexibility index (Phi) is 5.64. The normalized spacial score (nSPS) is 17.6. The van der Waals surface area contributed by atoms with E-state index in [0.29, 0.717) is 11.5 Å². The monoisotopic (exact) mass is 352 g/mol. The van der Waals surface area contributed by atoms with Crippen LogP contribution in [0.25, 0.3) is 11.6 Å². The molecule has 2 nitrogen and oxygen atoms in total. The standard InChI is InChI=1S/C22H24O2S/c1-15-5-4-12-25-21-14-19(10-11-20(15)21)16(2)13-17-6-8-18(9-7-17)22(23)24-3/h6-11,13-15H,4-5,12H2,1-3H3.